The number of ether oxygens (including phenoxy) is 2. The van der Waals surface area contributed by atoms with Crippen LogP contribution in [0.15, 0.2) is 60.7 Å². The standard InChI is InChI=1S/C20H20O8/c21-13-15(23)18(28-20(26)12-9-5-2-6-10-12)16(24)14(22)17(13)27-19(25)11-7-3-1-4-8-11/h1-10,13-18,21-24H/t13-,14-,15-,16+,17?,18?/m0/s1. The summed E-state index contributed by atoms with van der Waals surface area (Å²) in [4.78, 5) is 24.3. The van der Waals surface area contributed by atoms with Crippen molar-refractivity contribution in [3.63, 3.8) is 0 Å². The number of rotatable bonds is 4. The number of aliphatic hydroxyl groups excluding tert-OH is 4. The van der Waals surface area contributed by atoms with Crippen LogP contribution in [0.4, 0.5) is 0 Å². The van der Waals surface area contributed by atoms with Crippen molar-refractivity contribution in [3.8, 4) is 0 Å². The van der Waals surface area contributed by atoms with E-state index in [-0.39, 0.29) is 11.1 Å². The van der Waals surface area contributed by atoms with Gasteiger partial charge >= 0.3 is 11.9 Å². The minimum Gasteiger partial charge on any atom is -0.453 e. The molecule has 2 aromatic rings. The van der Waals surface area contributed by atoms with E-state index in [0.29, 0.717) is 0 Å². The third kappa shape index (κ3) is 4.05. The van der Waals surface area contributed by atoms with Crippen LogP contribution >= 0.6 is 0 Å². The highest BCUT2D eigenvalue weighted by Crippen LogP contribution is 2.27. The quantitative estimate of drug-likeness (QED) is 0.534. The monoisotopic (exact) mass is 388 g/mol. The molecule has 8 heteroatoms. The van der Waals surface area contributed by atoms with Crippen molar-refractivity contribution in [2.24, 2.45) is 0 Å². The summed E-state index contributed by atoms with van der Waals surface area (Å²) < 4.78 is 10.2. The van der Waals surface area contributed by atoms with Crippen LogP contribution in [0.25, 0.3) is 0 Å². The molecule has 0 saturated heterocycles. The van der Waals surface area contributed by atoms with Gasteiger partial charge in [-0.2, -0.15) is 0 Å². The van der Waals surface area contributed by atoms with E-state index in [4.69, 9.17) is 9.47 Å². The first-order valence-electron chi connectivity index (χ1n) is 8.64. The Kier molecular flexibility index (Phi) is 6.05. The number of hydrogen-bond donors (Lipinski definition) is 4. The first-order chi connectivity index (χ1) is 13.4. The van der Waals surface area contributed by atoms with Crippen molar-refractivity contribution in [2.75, 3.05) is 0 Å². The molecule has 148 valence electrons. The van der Waals surface area contributed by atoms with E-state index >= 15 is 0 Å². The molecule has 1 aliphatic rings. The Morgan fingerprint density at radius 3 is 1.14 bits per heavy atom. The zero-order valence-corrected chi connectivity index (χ0v) is 14.7. The van der Waals surface area contributed by atoms with Crippen LogP contribution in [0.1, 0.15) is 20.7 Å². The Hall–Kier alpha value is -2.78. The average Bonchev–Trinajstić information content (AvgIpc) is 2.73. The van der Waals surface area contributed by atoms with Gasteiger partial charge < -0.3 is 29.9 Å². The molecule has 0 aliphatic heterocycles. The molecule has 0 spiro atoms. The number of benzene rings is 2. The summed E-state index contributed by atoms with van der Waals surface area (Å²) in [5.74, 6) is -1.69. The molecule has 1 aliphatic carbocycles. The highest BCUT2D eigenvalue weighted by Gasteiger charge is 2.52. The SMILES string of the molecule is O=C(OC1[C@@H](O)[C@H](O)C(OC(=O)c2ccccc2)[C@H](O)[C@@H]1O)c1ccccc1. The molecule has 3 rings (SSSR count). The number of carbonyl (C=O) groups is 2. The average molecular weight is 388 g/mol. The van der Waals surface area contributed by atoms with Crippen molar-refractivity contribution < 1.29 is 39.5 Å². The first kappa shape index (κ1) is 20.0. The molecule has 28 heavy (non-hydrogen) atoms. The van der Waals surface area contributed by atoms with E-state index in [1.807, 2.05) is 0 Å². The molecule has 2 unspecified atom stereocenters. The van der Waals surface area contributed by atoms with Gasteiger partial charge in [-0.3, -0.25) is 0 Å². The summed E-state index contributed by atoms with van der Waals surface area (Å²) in [6, 6.07) is 15.7. The third-order valence-corrected chi connectivity index (χ3v) is 4.55. The van der Waals surface area contributed by atoms with Crippen LogP contribution < -0.4 is 0 Å². The Morgan fingerprint density at radius 2 is 0.857 bits per heavy atom. The Labute approximate surface area is 160 Å². The maximum absolute atomic E-state index is 12.2. The van der Waals surface area contributed by atoms with Gasteiger partial charge in [-0.05, 0) is 24.3 Å². The molecule has 4 N–H and O–H groups in total. The summed E-state index contributed by atoms with van der Waals surface area (Å²) in [5, 5.41) is 41.1. The molecule has 2 aromatic carbocycles. The highest BCUT2D eigenvalue weighted by molar-refractivity contribution is 5.90. The van der Waals surface area contributed by atoms with Crippen molar-refractivity contribution in [1.82, 2.24) is 0 Å². The molecule has 1 saturated carbocycles. The Morgan fingerprint density at radius 1 is 0.571 bits per heavy atom. The minimum absolute atomic E-state index is 0.170. The fourth-order valence-corrected chi connectivity index (χ4v) is 2.99. The van der Waals surface area contributed by atoms with Gasteiger partial charge in [-0.1, -0.05) is 36.4 Å². The lowest BCUT2D eigenvalue weighted by molar-refractivity contribution is -0.223. The zero-order chi connectivity index (χ0) is 20.3. The van der Waals surface area contributed by atoms with Gasteiger partial charge in [0.05, 0.1) is 11.1 Å². The Balaban J connectivity index is 1.72. The molecule has 0 amide bonds. The predicted molar refractivity (Wildman–Crippen MR) is 95.3 cm³/mol. The number of esters is 2. The summed E-state index contributed by atoms with van der Waals surface area (Å²) in [6.45, 7) is 0. The highest BCUT2D eigenvalue weighted by atomic mass is 16.6. The van der Waals surface area contributed by atoms with Crippen LogP contribution in [0.5, 0.6) is 0 Å². The molecule has 0 heterocycles. The van der Waals surface area contributed by atoms with Crippen molar-refractivity contribution in [3.05, 3.63) is 71.8 Å². The molecular weight excluding hydrogens is 368 g/mol. The van der Waals surface area contributed by atoms with E-state index in [1.165, 1.54) is 24.3 Å². The van der Waals surface area contributed by atoms with Gasteiger partial charge in [0.25, 0.3) is 0 Å². The van der Waals surface area contributed by atoms with Gasteiger partial charge in [0, 0.05) is 0 Å². The van der Waals surface area contributed by atoms with Gasteiger partial charge in [0.15, 0.2) is 12.2 Å². The second kappa shape index (κ2) is 8.49. The van der Waals surface area contributed by atoms with Gasteiger partial charge in [0.1, 0.15) is 24.4 Å². The van der Waals surface area contributed by atoms with E-state index in [0.717, 1.165) is 0 Å². The van der Waals surface area contributed by atoms with Crippen LogP contribution in [0.3, 0.4) is 0 Å². The lowest BCUT2D eigenvalue weighted by atomic mass is 9.84. The fourth-order valence-electron chi connectivity index (χ4n) is 2.99. The molecule has 0 bridgehead atoms. The summed E-state index contributed by atoms with van der Waals surface area (Å²) in [5.41, 5.74) is 0.340. The smallest absolute Gasteiger partial charge is 0.338 e. The molecule has 6 atom stereocenters. The largest absolute Gasteiger partial charge is 0.453 e. The van der Waals surface area contributed by atoms with Crippen molar-refractivity contribution in [2.45, 2.75) is 36.6 Å². The van der Waals surface area contributed by atoms with Crippen LogP contribution in [0.2, 0.25) is 0 Å². The second-order valence-electron chi connectivity index (χ2n) is 6.43. The first-order valence-corrected chi connectivity index (χ1v) is 8.64. The van der Waals surface area contributed by atoms with Gasteiger partial charge in [-0.15, -0.1) is 0 Å². The number of hydrogen-bond acceptors (Lipinski definition) is 8. The molecule has 1 fully saturated rings. The fraction of sp³-hybridized carbons (Fsp3) is 0.300. The van der Waals surface area contributed by atoms with Crippen LogP contribution in [-0.4, -0.2) is 69.0 Å². The summed E-state index contributed by atoms with van der Waals surface area (Å²) in [6.07, 6.45) is -10.3. The Bertz CT molecular complexity index is 724. The molecule has 0 aromatic heterocycles. The third-order valence-electron chi connectivity index (χ3n) is 4.55. The van der Waals surface area contributed by atoms with E-state index in [1.54, 1.807) is 36.4 Å². The predicted octanol–water partition coefficient (Wildman–Crippen LogP) is -0.105. The molecule has 0 radical (unpaired) electrons. The van der Waals surface area contributed by atoms with Crippen molar-refractivity contribution >= 4 is 11.9 Å². The normalized spacial score (nSPS) is 29.7. The number of carbonyl (C=O) groups excluding carboxylic acids is 2. The van der Waals surface area contributed by atoms with E-state index in [9.17, 15) is 30.0 Å². The van der Waals surface area contributed by atoms with Gasteiger partial charge in [0.2, 0.25) is 0 Å². The van der Waals surface area contributed by atoms with Crippen LogP contribution in [0, 0.1) is 0 Å². The van der Waals surface area contributed by atoms with E-state index in [2.05, 4.69) is 0 Å². The molecular formula is C20H20O8. The van der Waals surface area contributed by atoms with Crippen molar-refractivity contribution in [1.29, 1.82) is 0 Å². The second-order valence-corrected chi connectivity index (χ2v) is 6.43. The maximum Gasteiger partial charge on any atom is 0.338 e. The number of aliphatic hydroxyl groups is 4. The summed E-state index contributed by atoms with van der Waals surface area (Å²) >= 11 is 0. The van der Waals surface area contributed by atoms with Gasteiger partial charge in [-0.25, -0.2) is 9.59 Å². The minimum atomic E-state index is -1.78. The van der Waals surface area contributed by atoms with Crippen LogP contribution in [-0.2, 0) is 9.47 Å². The maximum atomic E-state index is 12.2. The summed E-state index contributed by atoms with van der Waals surface area (Å²) in [7, 11) is 0. The zero-order valence-electron chi connectivity index (χ0n) is 14.7. The topological polar surface area (TPSA) is 134 Å². The molecule has 8 nitrogen and oxygen atoms in total. The van der Waals surface area contributed by atoms with E-state index < -0.39 is 48.6 Å². The lowest BCUT2D eigenvalue weighted by Gasteiger charge is -2.42. The lowest BCUT2D eigenvalue weighted by Crippen LogP contribution is -2.65.